The van der Waals surface area contributed by atoms with Crippen LogP contribution in [0.1, 0.15) is 5.56 Å². The summed E-state index contributed by atoms with van der Waals surface area (Å²) in [5.74, 6) is -0.194. The normalized spacial score (nSPS) is 15.2. The first-order valence-corrected chi connectivity index (χ1v) is 5.48. The van der Waals surface area contributed by atoms with Crippen molar-refractivity contribution in [2.24, 2.45) is 0 Å². The van der Waals surface area contributed by atoms with E-state index in [1.807, 2.05) is 41.8 Å². The van der Waals surface area contributed by atoms with Gasteiger partial charge in [-0.3, -0.25) is 0 Å². The number of benzene rings is 1. The first-order chi connectivity index (χ1) is 7.25. The summed E-state index contributed by atoms with van der Waals surface area (Å²) in [4.78, 5) is 12.9. The lowest BCUT2D eigenvalue weighted by Crippen LogP contribution is -2.09. The number of aliphatic carboxylic acids is 1. The fourth-order valence-electron chi connectivity index (χ4n) is 1.29. The van der Waals surface area contributed by atoms with Crippen LogP contribution in [0.3, 0.4) is 0 Å². The van der Waals surface area contributed by atoms with E-state index in [1.165, 1.54) is 11.8 Å². The van der Waals surface area contributed by atoms with Gasteiger partial charge in [-0.1, -0.05) is 42.1 Å². The molecule has 1 aromatic rings. The molecule has 0 bridgehead atoms. The van der Waals surface area contributed by atoms with Crippen LogP contribution in [-0.4, -0.2) is 21.9 Å². The SMILES string of the molecule is O=C(O)C1=CN([CH]c2ccccc2)CS1. The van der Waals surface area contributed by atoms with Crippen LogP contribution in [-0.2, 0) is 4.79 Å². The van der Waals surface area contributed by atoms with E-state index in [9.17, 15) is 4.79 Å². The molecule has 0 aliphatic carbocycles. The fraction of sp³-hybridized carbons (Fsp3) is 0.0909. The molecule has 3 nitrogen and oxygen atoms in total. The second-order valence-electron chi connectivity index (χ2n) is 3.13. The molecule has 1 aromatic carbocycles. The minimum atomic E-state index is -0.857. The Morgan fingerprint density at radius 2 is 2.13 bits per heavy atom. The molecule has 0 fully saturated rings. The largest absolute Gasteiger partial charge is 0.477 e. The second-order valence-corrected chi connectivity index (χ2v) is 4.11. The molecular weight excluding hydrogens is 210 g/mol. The number of thioether (sulfide) groups is 1. The minimum absolute atomic E-state index is 0.391. The van der Waals surface area contributed by atoms with E-state index in [0.717, 1.165) is 5.56 Å². The van der Waals surface area contributed by atoms with Gasteiger partial charge >= 0.3 is 5.97 Å². The van der Waals surface area contributed by atoms with Gasteiger partial charge < -0.3 is 10.0 Å². The highest BCUT2D eigenvalue weighted by Crippen LogP contribution is 2.27. The number of carbonyl (C=O) groups is 1. The summed E-state index contributed by atoms with van der Waals surface area (Å²) in [5, 5.41) is 8.77. The number of nitrogens with zero attached hydrogens (tertiary/aromatic N) is 1. The van der Waals surface area contributed by atoms with Crippen molar-refractivity contribution in [2.45, 2.75) is 0 Å². The summed E-state index contributed by atoms with van der Waals surface area (Å²) in [7, 11) is 0. The molecule has 0 amide bonds. The molecule has 1 radical (unpaired) electrons. The molecule has 0 saturated carbocycles. The van der Waals surface area contributed by atoms with Gasteiger partial charge in [0.1, 0.15) is 4.91 Å². The molecule has 0 saturated heterocycles. The molecule has 0 atom stereocenters. The first kappa shape index (κ1) is 10.1. The molecule has 77 valence electrons. The van der Waals surface area contributed by atoms with Crippen LogP contribution in [0.2, 0.25) is 0 Å². The van der Waals surface area contributed by atoms with Crippen LogP contribution in [0.15, 0.2) is 41.4 Å². The van der Waals surface area contributed by atoms with Crippen LogP contribution in [0.5, 0.6) is 0 Å². The second kappa shape index (κ2) is 4.40. The Bertz CT molecular complexity index is 389. The summed E-state index contributed by atoms with van der Waals surface area (Å²) in [6, 6.07) is 9.83. The Balaban J connectivity index is 2.01. The molecule has 4 heteroatoms. The van der Waals surface area contributed by atoms with Crippen molar-refractivity contribution in [1.29, 1.82) is 0 Å². The lowest BCUT2D eigenvalue weighted by molar-refractivity contribution is -0.131. The lowest BCUT2D eigenvalue weighted by atomic mass is 10.2. The van der Waals surface area contributed by atoms with Crippen LogP contribution < -0.4 is 0 Å². The maximum absolute atomic E-state index is 10.7. The average molecular weight is 220 g/mol. The summed E-state index contributed by atoms with van der Waals surface area (Å²) >= 11 is 1.33. The molecule has 2 rings (SSSR count). The Morgan fingerprint density at radius 3 is 2.73 bits per heavy atom. The Labute approximate surface area is 92.4 Å². The summed E-state index contributed by atoms with van der Waals surface area (Å²) < 4.78 is 0. The van der Waals surface area contributed by atoms with E-state index in [2.05, 4.69) is 0 Å². The molecule has 15 heavy (non-hydrogen) atoms. The number of hydrogen-bond acceptors (Lipinski definition) is 3. The third-order valence-corrected chi connectivity index (χ3v) is 3.00. The summed E-state index contributed by atoms with van der Waals surface area (Å²) in [6.07, 6.45) is 1.65. The average Bonchev–Trinajstić information content (AvgIpc) is 2.68. The Kier molecular flexibility index (Phi) is 2.97. The van der Waals surface area contributed by atoms with E-state index in [1.54, 1.807) is 6.20 Å². The van der Waals surface area contributed by atoms with Crippen molar-refractivity contribution < 1.29 is 9.90 Å². The highest BCUT2D eigenvalue weighted by atomic mass is 32.2. The number of carboxylic acid groups (broad SMARTS) is 1. The van der Waals surface area contributed by atoms with Crippen molar-refractivity contribution in [3.8, 4) is 0 Å². The fourth-order valence-corrected chi connectivity index (χ4v) is 2.06. The predicted octanol–water partition coefficient (Wildman–Crippen LogP) is 2.13. The van der Waals surface area contributed by atoms with Crippen molar-refractivity contribution in [1.82, 2.24) is 4.90 Å². The highest BCUT2D eigenvalue weighted by Gasteiger charge is 2.18. The zero-order chi connectivity index (χ0) is 10.7. The maximum Gasteiger partial charge on any atom is 0.343 e. The molecule has 1 heterocycles. The first-order valence-electron chi connectivity index (χ1n) is 4.49. The van der Waals surface area contributed by atoms with Crippen molar-refractivity contribution in [3.63, 3.8) is 0 Å². The molecule has 0 unspecified atom stereocenters. The predicted molar refractivity (Wildman–Crippen MR) is 59.9 cm³/mol. The number of carboxylic acids is 1. The zero-order valence-electron chi connectivity index (χ0n) is 7.96. The molecule has 1 N–H and O–H groups in total. The van der Waals surface area contributed by atoms with Gasteiger partial charge in [0.15, 0.2) is 0 Å². The van der Waals surface area contributed by atoms with Crippen molar-refractivity contribution >= 4 is 17.7 Å². The van der Waals surface area contributed by atoms with E-state index >= 15 is 0 Å². The zero-order valence-corrected chi connectivity index (χ0v) is 8.78. The van der Waals surface area contributed by atoms with E-state index in [4.69, 9.17) is 5.11 Å². The van der Waals surface area contributed by atoms with Gasteiger partial charge in [-0.05, 0) is 5.56 Å². The third kappa shape index (κ3) is 2.53. The van der Waals surface area contributed by atoms with E-state index in [0.29, 0.717) is 10.8 Å². The molecule has 1 aliphatic rings. The van der Waals surface area contributed by atoms with Crippen LogP contribution in [0.25, 0.3) is 0 Å². The molecule has 0 spiro atoms. The molecule has 1 aliphatic heterocycles. The molecule has 0 aromatic heterocycles. The van der Waals surface area contributed by atoms with Crippen LogP contribution in [0.4, 0.5) is 0 Å². The summed E-state index contributed by atoms with van der Waals surface area (Å²) in [5.41, 5.74) is 1.07. The Morgan fingerprint density at radius 1 is 1.40 bits per heavy atom. The molecular formula is C11H10NO2S. The third-order valence-electron chi connectivity index (χ3n) is 1.98. The van der Waals surface area contributed by atoms with Crippen molar-refractivity contribution in [3.05, 3.63) is 53.5 Å². The Hall–Kier alpha value is -1.42. The van der Waals surface area contributed by atoms with Gasteiger partial charge in [0.25, 0.3) is 0 Å². The minimum Gasteiger partial charge on any atom is -0.477 e. The number of rotatable bonds is 3. The van der Waals surface area contributed by atoms with Crippen LogP contribution in [0, 0.1) is 6.54 Å². The van der Waals surface area contributed by atoms with Gasteiger partial charge in [-0.2, -0.15) is 0 Å². The van der Waals surface area contributed by atoms with Gasteiger partial charge in [-0.15, -0.1) is 0 Å². The lowest BCUT2D eigenvalue weighted by Gasteiger charge is -2.12. The number of hydrogen-bond donors (Lipinski definition) is 1. The van der Waals surface area contributed by atoms with Gasteiger partial charge in [0.2, 0.25) is 0 Å². The standard InChI is InChI=1S/C11H10NO2S/c13-11(14)10-7-12(8-15-10)6-9-4-2-1-3-5-9/h1-7H,8H2,(H,13,14). The monoisotopic (exact) mass is 220 g/mol. The van der Waals surface area contributed by atoms with Gasteiger partial charge in [-0.25, -0.2) is 4.79 Å². The van der Waals surface area contributed by atoms with E-state index in [-0.39, 0.29) is 0 Å². The van der Waals surface area contributed by atoms with E-state index < -0.39 is 5.97 Å². The van der Waals surface area contributed by atoms with Crippen molar-refractivity contribution in [2.75, 3.05) is 5.88 Å². The smallest absolute Gasteiger partial charge is 0.343 e. The highest BCUT2D eigenvalue weighted by molar-refractivity contribution is 8.04. The summed E-state index contributed by atoms with van der Waals surface area (Å²) in [6.45, 7) is 1.93. The maximum atomic E-state index is 10.7. The van der Waals surface area contributed by atoms with Gasteiger partial charge in [0.05, 0.1) is 12.4 Å². The van der Waals surface area contributed by atoms with Gasteiger partial charge in [0, 0.05) is 6.20 Å². The topological polar surface area (TPSA) is 40.5 Å². The van der Waals surface area contributed by atoms with Crippen LogP contribution >= 0.6 is 11.8 Å². The quantitative estimate of drug-likeness (QED) is 0.847.